The Hall–Kier alpha value is -1.92. The number of rotatable bonds is 4. The third-order valence-corrected chi connectivity index (χ3v) is 4.03. The normalized spacial score (nSPS) is 10.1. The van der Waals surface area contributed by atoms with Crippen molar-refractivity contribution in [3.63, 3.8) is 0 Å². The van der Waals surface area contributed by atoms with E-state index in [4.69, 9.17) is 0 Å². The highest BCUT2D eigenvalue weighted by molar-refractivity contribution is 7.98. The predicted octanol–water partition coefficient (Wildman–Crippen LogP) is 4.23. The maximum Gasteiger partial charge on any atom is 0.103 e. The van der Waals surface area contributed by atoms with E-state index in [0.717, 1.165) is 22.7 Å². The Labute approximate surface area is 125 Å². The Morgan fingerprint density at radius 2 is 1.95 bits per heavy atom. The van der Waals surface area contributed by atoms with Gasteiger partial charge in [0, 0.05) is 18.5 Å². The van der Waals surface area contributed by atoms with Crippen molar-refractivity contribution >= 4 is 17.4 Å². The topological polar surface area (TPSA) is 27.0 Å². The number of nitriles is 1. The summed E-state index contributed by atoms with van der Waals surface area (Å²) >= 11 is 1.61. The fourth-order valence-corrected chi connectivity index (χ4v) is 2.86. The molecule has 2 rings (SSSR count). The molecule has 0 N–H and O–H groups in total. The number of anilines is 1. The van der Waals surface area contributed by atoms with Crippen LogP contribution in [-0.2, 0) is 6.54 Å². The molecule has 2 nitrogen and oxygen atoms in total. The molecular weight excluding hydrogens is 264 g/mol. The summed E-state index contributed by atoms with van der Waals surface area (Å²) in [6.07, 6.45) is 2.00. The molecule has 0 saturated carbocycles. The Bertz CT molecular complexity index is 644. The Balaban J connectivity index is 2.30. The second-order valence-electron chi connectivity index (χ2n) is 4.81. The van der Waals surface area contributed by atoms with Gasteiger partial charge in [0.25, 0.3) is 0 Å². The minimum absolute atomic E-state index is 0.759. The number of aryl methyl sites for hydroxylation is 1. The van der Waals surface area contributed by atoms with Crippen molar-refractivity contribution in [2.45, 2.75) is 18.4 Å². The maximum absolute atomic E-state index is 9.40. The Morgan fingerprint density at radius 3 is 2.60 bits per heavy atom. The van der Waals surface area contributed by atoms with Crippen LogP contribution in [0.3, 0.4) is 0 Å². The van der Waals surface area contributed by atoms with Crippen molar-refractivity contribution in [1.82, 2.24) is 0 Å². The lowest BCUT2D eigenvalue weighted by molar-refractivity contribution is 0.916. The summed E-state index contributed by atoms with van der Waals surface area (Å²) in [7, 11) is 2.03. The minimum atomic E-state index is 0.759. The third kappa shape index (κ3) is 3.15. The summed E-state index contributed by atoms with van der Waals surface area (Å²) in [5.41, 5.74) is 4.26. The van der Waals surface area contributed by atoms with Crippen LogP contribution in [0.1, 0.15) is 16.7 Å². The molecule has 0 atom stereocenters. The van der Waals surface area contributed by atoms with Crippen LogP contribution in [0.25, 0.3) is 0 Å². The van der Waals surface area contributed by atoms with E-state index in [-0.39, 0.29) is 0 Å². The van der Waals surface area contributed by atoms with Gasteiger partial charge in [-0.2, -0.15) is 5.26 Å². The van der Waals surface area contributed by atoms with Crippen LogP contribution >= 0.6 is 11.8 Å². The van der Waals surface area contributed by atoms with Gasteiger partial charge in [-0.1, -0.05) is 35.9 Å². The van der Waals surface area contributed by atoms with Crippen LogP contribution in [0.2, 0.25) is 0 Å². The molecule has 0 amide bonds. The van der Waals surface area contributed by atoms with Crippen molar-refractivity contribution in [3.05, 3.63) is 59.2 Å². The highest BCUT2D eigenvalue weighted by atomic mass is 32.2. The van der Waals surface area contributed by atoms with Gasteiger partial charge in [-0.25, -0.2) is 0 Å². The molecule has 0 aliphatic carbocycles. The molecule has 0 saturated heterocycles. The van der Waals surface area contributed by atoms with E-state index in [0.29, 0.717) is 0 Å². The van der Waals surface area contributed by atoms with Crippen LogP contribution in [0.15, 0.2) is 47.4 Å². The lowest BCUT2D eigenvalue weighted by Crippen LogP contribution is -2.17. The first kappa shape index (κ1) is 14.5. The van der Waals surface area contributed by atoms with Gasteiger partial charge in [-0.3, -0.25) is 0 Å². The van der Waals surface area contributed by atoms with Gasteiger partial charge in [-0.05, 0) is 30.9 Å². The number of hydrogen-bond donors (Lipinski definition) is 0. The van der Waals surface area contributed by atoms with E-state index >= 15 is 0 Å². The average molecular weight is 282 g/mol. The van der Waals surface area contributed by atoms with Gasteiger partial charge in [0.2, 0.25) is 0 Å². The third-order valence-electron chi connectivity index (χ3n) is 3.25. The zero-order valence-corrected chi connectivity index (χ0v) is 12.9. The van der Waals surface area contributed by atoms with E-state index in [1.807, 2.05) is 31.5 Å². The van der Waals surface area contributed by atoms with E-state index in [1.165, 1.54) is 11.1 Å². The first-order chi connectivity index (χ1) is 9.65. The summed E-state index contributed by atoms with van der Waals surface area (Å²) < 4.78 is 0. The Kier molecular flexibility index (Phi) is 4.70. The molecular formula is C17H18N2S. The molecule has 0 aliphatic rings. The summed E-state index contributed by atoms with van der Waals surface area (Å²) in [5, 5.41) is 9.40. The molecule has 0 radical (unpaired) electrons. The summed E-state index contributed by atoms with van der Waals surface area (Å²) in [4.78, 5) is 3.16. The van der Waals surface area contributed by atoms with Gasteiger partial charge in [0.05, 0.1) is 11.3 Å². The van der Waals surface area contributed by atoms with Crippen molar-refractivity contribution in [1.29, 1.82) is 5.26 Å². The number of hydrogen-bond acceptors (Lipinski definition) is 3. The summed E-state index contributed by atoms with van der Waals surface area (Å²) in [6.45, 7) is 2.90. The molecule has 2 aromatic rings. The lowest BCUT2D eigenvalue weighted by Gasteiger charge is -2.21. The molecule has 0 aliphatic heterocycles. The van der Waals surface area contributed by atoms with Gasteiger partial charge in [-0.15, -0.1) is 11.8 Å². The molecule has 102 valence electrons. The average Bonchev–Trinajstić information content (AvgIpc) is 2.46. The van der Waals surface area contributed by atoms with Crippen molar-refractivity contribution in [3.8, 4) is 6.07 Å². The number of thioether (sulfide) groups is 1. The van der Waals surface area contributed by atoms with Crippen LogP contribution in [0.5, 0.6) is 0 Å². The van der Waals surface area contributed by atoms with Crippen molar-refractivity contribution < 1.29 is 0 Å². The summed E-state index contributed by atoms with van der Waals surface area (Å²) in [6, 6.07) is 16.8. The van der Waals surface area contributed by atoms with Gasteiger partial charge < -0.3 is 4.90 Å². The van der Waals surface area contributed by atoms with Crippen LogP contribution in [-0.4, -0.2) is 13.3 Å². The molecule has 2 aromatic carbocycles. The minimum Gasteiger partial charge on any atom is -0.369 e. The highest BCUT2D eigenvalue weighted by Crippen LogP contribution is 2.29. The second kappa shape index (κ2) is 6.49. The number of nitrogens with zero attached hydrogens (tertiary/aromatic N) is 2. The molecule has 3 heteroatoms. The van der Waals surface area contributed by atoms with E-state index < -0.39 is 0 Å². The number of benzene rings is 2. The Morgan fingerprint density at radius 1 is 1.20 bits per heavy atom. The zero-order chi connectivity index (χ0) is 14.5. The first-order valence-corrected chi connectivity index (χ1v) is 7.72. The van der Waals surface area contributed by atoms with Gasteiger partial charge in [0.15, 0.2) is 0 Å². The van der Waals surface area contributed by atoms with E-state index in [2.05, 4.69) is 42.2 Å². The van der Waals surface area contributed by atoms with Crippen LogP contribution < -0.4 is 4.90 Å². The fourth-order valence-electron chi connectivity index (χ4n) is 2.29. The standard InChI is InChI=1S/C17H18N2S/c1-13-6-4-7-14(10-13)12-19(2)16-8-5-9-17(20-3)15(16)11-18/h4-10H,12H2,1-3H3. The van der Waals surface area contributed by atoms with E-state index in [1.54, 1.807) is 11.8 Å². The van der Waals surface area contributed by atoms with Crippen molar-refractivity contribution in [2.75, 3.05) is 18.2 Å². The highest BCUT2D eigenvalue weighted by Gasteiger charge is 2.11. The molecule has 0 spiro atoms. The van der Waals surface area contributed by atoms with Gasteiger partial charge >= 0.3 is 0 Å². The molecule has 0 unspecified atom stereocenters. The lowest BCUT2D eigenvalue weighted by atomic mass is 10.1. The SMILES string of the molecule is CSc1cccc(N(C)Cc2cccc(C)c2)c1C#N. The second-order valence-corrected chi connectivity index (χ2v) is 5.66. The molecule has 20 heavy (non-hydrogen) atoms. The fraction of sp³-hybridized carbons (Fsp3) is 0.235. The van der Waals surface area contributed by atoms with Crippen LogP contribution in [0.4, 0.5) is 5.69 Å². The predicted molar refractivity (Wildman–Crippen MR) is 86.2 cm³/mol. The van der Waals surface area contributed by atoms with Crippen LogP contribution in [0, 0.1) is 18.3 Å². The molecule has 0 bridgehead atoms. The quantitative estimate of drug-likeness (QED) is 0.785. The van der Waals surface area contributed by atoms with Gasteiger partial charge in [0.1, 0.15) is 6.07 Å². The zero-order valence-electron chi connectivity index (χ0n) is 12.1. The van der Waals surface area contributed by atoms with Crippen molar-refractivity contribution in [2.24, 2.45) is 0 Å². The molecule has 0 fully saturated rings. The summed E-state index contributed by atoms with van der Waals surface area (Å²) in [5.74, 6) is 0. The monoisotopic (exact) mass is 282 g/mol. The first-order valence-electron chi connectivity index (χ1n) is 6.49. The smallest absolute Gasteiger partial charge is 0.103 e. The molecule has 0 aromatic heterocycles. The largest absolute Gasteiger partial charge is 0.369 e. The maximum atomic E-state index is 9.40. The molecule has 0 heterocycles. The van der Waals surface area contributed by atoms with E-state index in [9.17, 15) is 5.26 Å².